The molecule has 0 bridgehead atoms. The van der Waals surface area contributed by atoms with E-state index in [1.165, 1.54) is 12.4 Å². The van der Waals surface area contributed by atoms with Crippen LogP contribution in [0.5, 0.6) is 0 Å². The molecule has 0 saturated carbocycles. The molecule has 0 radical (unpaired) electrons. The summed E-state index contributed by atoms with van der Waals surface area (Å²) in [6, 6.07) is 5.09. The minimum absolute atomic E-state index is 0.247. The van der Waals surface area contributed by atoms with Crippen LogP contribution in [-0.2, 0) is 4.74 Å². The van der Waals surface area contributed by atoms with Crippen molar-refractivity contribution in [2.24, 2.45) is 0 Å². The number of carbonyl (C=O) groups excluding carboxylic acids is 1. The molecule has 0 unspecified atom stereocenters. The molecule has 2 heterocycles. The Bertz CT molecular complexity index is 731. The van der Waals surface area contributed by atoms with Crippen molar-refractivity contribution in [1.29, 1.82) is 0 Å². The molecule has 1 saturated heterocycles. The number of benzene rings is 1. The number of aromatic nitrogens is 2. The van der Waals surface area contributed by atoms with Crippen LogP contribution in [0.4, 0.5) is 11.5 Å². The fourth-order valence-electron chi connectivity index (χ4n) is 2.53. The van der Waals surface area contributed by atoms with Crippen molar-refractivity contribution in [2.45, 2.75) is 0 Å². The van der Waals surface area contributed by atoms with Gasteiger partial charge in [0.15, 0.2) is 0 Å². The minimum atomic E-state index is -0.247. The molecule has 1 amide bonds. The van der Waals surface area contributed by atoms with Crippen molar-refractivity contribution in [3.63, 3.8) is 0 Å². The van der Waals surface area contributed by atoms with Gasteiger partial charge in [-0.2, -0.15) is 0 Å². The molecule has 7 nitrogen and oxygen atoms in total. The van der Waals surface area contributed by atoms with Gasteiger partial charge >= 0.3 is 0 Å². The number of amides is 1. The van der Waals surface area contributed by atoms with Gasteiger partial charge in [0.2, 0.25) is 0 Å². The van der Waals surface area contributed by atoms with Gasteiger partial charge in [-0.15, -0.1) is 0 Å². The van der Waals surface area contributed by atoms with Gasteiger partial charge in [0.25, 0.3) is 5.91 Å². The number of morpholine rings is 1. The molecule has 1 aromatic carbocycles. The second kappa shape index (κ2) is 9.14. The van der Waals surface area contributed by atoms with Gasteiger partial charge in [0, 0.05) is 41.9 Å². The van der Waals surface area contributed by atoms with E-state index in [0.29, 0.717) is 28.1 Å². The normalized spacial score (nSPS) is 14.8. The average molecular weight is 396 g/mol. The summed E-state index contributed by atoms with van der Waals surface area (Å²) in [5.74, 6) is 0.247. The van der Waals surface area contributed by atoms with Gasteiger partial charge in [-0.25, -0.2) is 9.97 Å². The number of hydrogen-bond acceptors (Lipinski definition) is 6. The number of nitrogens with one attached hydrogen (secondary N) is 2. The van der Waals surface area contributed by atoms with Crippen LogP contribution in [0.3, 0.4) is 0 Å². The van der Waals surface area contributed by atoms with E-state index in [9.17, 15) is 4.79 Å². The predicted molar refractivity (Wildman–Crippen MR) is 101 cm³/mol. The predicted octanol–water partition coefficient (Wildman–Crippen LogP) is 2.59. The summed E-state index contributed by atoms with van der Waals surface area (Å²) >= 11 is 11.9. The third-order valence-corrected chi connectivity index (χ3v) is 4.27. The lowest BCUT2D eigenvalue weighted by atomic mass is 10.3. The molecule has 26 heavy (non-hydrogen) atoms. The maximum atomic E-state index is 12.1. The fraction of sp³-hybridized carbons (Fsp3) is 0.353. The van der Waals surface area contributed by atoms with Gasteiger partial charge in [-0.1, -0.05) is 23.2 Å². The van der Waals surface area contributed by atoms with Gasteiger partial charge in [0.05, 0.1) is 25.6 Å². The van der Waals surface area contributed by atoms with Crippen molar-refractivity contribution < 1.29 is 9.53 Å². The van der Waals surface area contributed by atoms with E-state index >= 15 is 0 Å². The van der Waals surface area contributed by atoms with Gasteiger partial charge in [-0.3, -0.25) is 9.69 Å². The molecule has 1 aromatic heterocycles. The monoisotopic (exact) mass is 395 g/mol. The molecular weight excluding hydrogens is 377 g/mol. The van der Waals surface area contributed by atoms with E-state index in [-0.39, 0.29) is 11.6 Å². The van der Waals surface area contributed by atoms with Crippen LogP contribution in [0.1, 0.15) is 10.5 Å². The number of halogens is 2. The zero-order valence-corrected chi connectivity index (χ0v) is 15.6. The molecule has 3 rings (SSSR count). The number of carbonyl (C=O) groups is 1. The Morgan fingerprint density at radius 2 is 1.85 bits per heavy atom. The number of rotatable bonds is 6. The molecule has 0 atom stereocenters. The second-order valence-electron chi connectivity index (χ2n) is 5.78. The first-order valence-electron chi connectivity index (χ1n) is 8.23. The van der Waals surface area contributed by atoms with Crippen molar-refractivity contribution >= 4 is 40.6 Å². The first-order chi connectivity index (χ1) is 12.6. The lowest BCUT2D eigenvalue weighted by Gasteiger charge is -2.26. The first-order valence-corrected chi connectivity index (χ1v) is 8.99. The lowest BCUT2D eigenvalue weighted by Crippen LogP contribution is -2.41. The quantitative estimate of drug-likeness (QED) is 0.782. The summed E-state index contributed by atoms with van der Waals surface area (Å²) in [6.45, 7) is 4.61. The highest BCUT2D eigenvalue weighted by atomic mass is 35.5. The SMILES string of the molecule is O=C(NCCN1CCOCC1)c1cnc(Nc2cc(Cl)cc(Cl)c2)cn1. The average Bonchev–Trinajstić information content (AvgIpc) is 2.62. The van der Waals surface area contributed by atoms with Crippen LogP contribution in [0, 0.1) is 0 Å². The van der Waals surface area contributed by atoms with E-state index in [2.05, 4.69) is 25.5 Å². The maximum absolute atomic E-state index is 12.1. The first kappa shape index (κ1) is 18.8. The molecular formula is C17H19Cl2N5O2. The van der Waals surface area contributed by atoms with Crippen LogP contribution in [0.15, 0.2) is 30.6 Å². The summed E-state index contributed by atoms with van der Waals surface area (Å²) in [6.07, 6.45) is 2.92. The Balaban J connectivity index is 1.50. The van der Waals surface area contributed by atoms with E-state index in [4.69, 9.17) is 27.9 Å². The van der Waals surface area contributed by atoms with Gasteiger partial charge in [0.1, 0.15) is 11.5 Å². The maximum Gasteiger partial charge on any atom is 0.271 e. The number of ether oxygens (including phenoxy) is 1. The highest BCUT2D eigenvalue weighted by Crippen LogP contribution is 2.24. The Kier molecular flexibility index (Phi) is 6.62. The largest absolute Gasteiger partial charge is 0.379 e. The lowest BCUT2D eigenvalue weighted by molar-refractivity contribution is 0.0383. The summed E-state index contributed by atoms with van der Waals surface area (Å²) in [4.78, 5) is 22.7. The Hall–Kier alpha value is -1.93. The highest BCUT2D eigenvalue weighted by molar-refractivity contribution is 6.35. The van der Waals surface area contributed by atoms with Crippen LogP contribution in [0.25, 0.3) is 0 Å². The van der Waals surface area contributed by atoms with E-state index in [1.54, 1.807) is 18.2 Å². The van der Waals surface area contributed by atoms with Gasteiger partial charge < -0.3 is 15.4 Å². The molecule has 138 valence electrons. The van der Waals surface area contributed by atoms with Crippen LogP contribution in [-0.4, -0.2) is 60.2 Å². The Morgan fingerprint density at radius 1 is 1.12 bits per heavy atom. The standard InChI is InChI=1S/C17H19Cl2N5O2/c18-12-7-13(19)9-14(8-12)23-16-11-21-15(10-22-16)17(25)20-1-2-24-3-5-26-6-4-24/h7-11H,1-6H2,(H,20,25)(H,22,23). The third-order valence-electron chi connectivity index (χ3n) is 3.84. The van der Waals surface area contributed by atoms with E-state index in [1.807, 2.05) is 0 Å². The molecule has 1 aliphatic heterocycles. The molecule has 2 N–H and O–H groups in total. The second-order valence-corrected chi connectivity index (χ2v) is 6.65. The van der Waals surface area contributed by atoms with Crippen molar-refractivity contribution in [3.05, 3.63) is 46.3 Å². The van der Waals surface area contributed by atoms with Crippen LogP contribution >= 0.6 is 23.2 Å². The summed E-state index contributed by atoms with van der Waals surface area (Å²) in [5, 5.41) is 6.93. The Morgan fingerprint density at radius 3 is 2.50 bits per heavy atom. The number of nitrogens with zero attached hydrogens (tertiary/aromatic N) is 3. The zero-order valence-electron chi connectivity index (χ0n) is 14.0. The molecule has 1 fully saturated rings. The summed E-state index contributed by atoms with van der Waals surface area (Å²) in [7, 11) is 0. The van der Waals surface area contributed by atoms with E-state index < -0.39 is 0 Å². The van der Waals surface area contributed by atoms with Crippen molar-refractivity contribution in [2.75, 3.05) is 44.7 Å². The van der Waals surface area contributed by atoms with Crippen LogP contribution in [0.2, 0.25) is 10.0 Å². The smallest absolute Gasteiger partial charge is 0.271 e. The molecule has 2 aromatic rings. The molecule has 0 aliphatic carbocycles. The minimum Gasteiger partial charge on any atom is -0.379 e. The van der Waals surface area contributed by atoms with Crippen molar-refractivity contribution in [1.82, 2.24) is 20.2 Å². The molecule has 0 spiro atoms. The Labute approximate surface area is 161 Å². The van der Waals surface area contributed by atoms with Gasteiger partial charge in [-0.05, 0) is 18.2 Å². The number of anilines is 2. The highest BCUT2D eigenvalue weighted by Gasteiger charge is 2.12. The van der Waals surface area contributed by atoms with E-state index in [0.717, 1.165) is 32.8 Å². The third kappa shape index (κ3) is 5.54. The fourth-order valence-corrected chi connectivity index (χ4v) is 3.05. The van der Waals surface area contributed by atoms with Crippen LogP contribution < -0.4 is 10.6 Å². The number of hydrogen-bond donors (Lipinski definition) is 2. The van der Waals surface area contributed by atoms with Crippen molar-refractivity contribution in [3.8, 4) is 0 Å². The topological polar surface area (TPSA) is 79.4 Å². The summed E-state index contributed by atoms with van der Waals surface area (Å²) in [5.41, 5.74) is 0.959. The summed E-state index contributed by atoms with van der Waals surface area (Å²) < 4.78 is 5.30. The molecule has 9 heteroatoms. The zero-order chi connectivity index (χ0) is 18.4. The molecule has 1 aliphatic rings.